The highest BCUT2D eigenvalue weighted by atomic mass is 32.2. The minimum Gasteiger partial charge on any atom is -0.313 e. The zero-order valence-corrected chi connectivity index (χ0v) is 13.9. The maximum atomic E-state index is 12.8. The maximum absolute atomic E-state index is 12.8. The summed E-state index contributed by atoms with van der Waals surface area (Å²) in [5.74, 6) is 0. The zero-order chi connectivity index (χ0) is 15.6. The van der Waals surface area contributed by atoms with Crippen LogP contribution in [-0.2, 0) is 10.0 Å². The summed E-state index contributed by atoms with van der Waals surface area (Å²) < 4.78 is 28.6. The summed E-state index contributed by atoms with van der Waals surface area (Å²) >= 11 is 0. The summed E-state index contributed by atoms with van der Waals surface area (Å²) in [6.07, 6.45) is 5.17. The van der Waals surface area contributed by atoms with Crippen LogP contribution in [0.5, 0.6) is 0 Å². The van der Waals surface area contributed by atoms with E-state index < -0.39 is 10.0 Å². The number of hydrogen-bond acceptors (Lipinski definition) is 3. The van der Waals surface area contributed by atoms with Crippen LogP contribution in [0, 0.1) is 0 Å². The summed E-state index contributed by atoms with van der Waals surface area (Å²) in [5.41, 5.74) is 1.45. The van der Waals surface area contributed by atoms with Crippen LogP contribution in [0.1, 0.15) is 44.6 Å². The number of benzene rings is 1. The van der Waals surface area contributed by atoms with E-state index in [9.17, 15) is 8.42 Å². The Morgan fingerprint density at radius 1 is 1.14 bits per heavy atom. The Morgan fingerprint density at radius 3 is 2.45 bits per heavy atom. The molecule has 2 aliphatic rings. The molecule has 1 aliphatic heterocycles. The van der Waals surface area contributed by atoms with Crippen LogP contribution >= 0.6 is 0 Å². The van der Waals surface area contributed by atoms with Crippen molar-refractivity contribution in [2.45, 2.75) is 44.6 Å². The van der Waals surface area contributed by atoms with Gasteiger partial charge in [-0.3, -0.25) is 0 Å². The lowest BCUT2D eigenvalue weighted by Crippen LogP contribution is -2.47. The number of nitrogens with one attached hydrogen (secondary N) is 2. The molecule has 120 valence electrons. The van der Waals surface area contributed by atoms with E-state index in [1.165, 1.54) is 6.42 Å². The predicted octanol–water partition coefficient (Wildman–Crippen LogP) is 2.64. The van der Waals surface area contributed by atoms with E-state index in [-0.39, 0.29) is 5.54 Å². The molecular formula is C17H24N2O2S. The van der Waals surface area contributed by atoms with Crippen LogP contribution in [0.3, 0.4) is 0 Å². The molecule has 0 bridgehead atoms. The lowest BCUT2D eigenvalue weighted by atomic mass is 9.76. The van der Waals surface area contributed by atoms with Crippen LogP contribution in [0.15, 0.2) is 35.9 Å². The van der Waals surface area contributed by atoms with Gasteiger partial charge >= 0.3 is 0 Å². The van der Waals surface area contributed by atoms with E-state index in [0.29, 0.717) is 11.4 Å². The third kappa shape index (κ3) is 2.73. The SMILES string of the molecule is CCNCC1=C(c2ccccc2)S(=O)(=O)NC12CCCCC2. The van der Waals surface area contributed by atoms with Crippen LogP contribution in [0.4, 0.5) is 0 Å². The highest BCUT2D eigenvalue weighted by molar-refractivity contribution is 7.99. The van der Waals surface area contributed by atoms with Gasteiger partial charge in [0.2, 0.25) is 10.0 Å². The summed E-state index contributed by atoms with van der Waals surface area (Å²) in [6, 6.07) is 9.49. The molecule has 22 heavy (non-hydrogen) atoms. The van der Waals surface area contributed by atoms with E-state index in [2.05, 4.69) is 10.0 Å². The topological polar surface area (TPSA) is 58.2 Å². The van der Waals surface area contributed by atoms with Gasteiger partial charge in [-0.1, -0.05) is 56.5 Å². The highest BCUT2D eigenvalue weighted by Crippen LogP contribution is 2.45. The standard InChI is InChI=1S/C17H24N2O2S/c1-2-18-13-15-16(14-9-5-3-6-10-14)22(20,21)19-17(15)11-7-4-8-12-17/h3,5-6,9-10,18-19H,2,4,7-8,11-13H2,1H3. The van der Waals surface area contributed by atoms with Gasteiger partial charge in [0, 0.05) is 6.54 Å². The minimum atomic E-state index is -3.44. The van der Waals surface area contributed by atoms with Crippen LogP contribution in [0.2, 0.25) is 0 Å². The third-order valence-electron chi connectivity index (χ3n) is 4.75. The lowest BCUT2D eigenvalue weighted by molar-refractivity contribution is 0.315. The van der Waals surface area contributed by atoms with Gasteiger partial charge in [0.25, 0.3) is 0 Å². The summed E-state index contributed by atoms with van der Waals surface area (Å²) in [7, 11) is -3.44. The zero-order valence-electron chi connectivity index (χ0n) is 13.1. The second-order valence-electron chi connectivity index (χ2n) is 6.20. The van der Waals surface area contributed by atoms with Crippen molar-refractivity contribution in [2.24, 2.45) is 0 Å². The predicted molar refractivity (Wildman–Crippen MR) is 89.8 cm³/mol. The van der Waals surface area contributed by atoms with E-state index in [1.54, 1.807) is 0 Å². The Labute approximate surface area is 133 Å². The molecule has 2 N–H and O–H groups in total. The molecule has 0 unspecified atom stereocenters. The number of hydrogen-bond donors (Lipinski definition) is 2. The van der Waals surface area contributed by atoms with Gasteiger partial charge in [-0.05, 0) is 30.5 Å². The fourth-order valence-electron chi connectivity index (χ4n) is 3.73. The first-order valence-electron chi connectivity index (χ1n) is 8.13. The molecule has 1 aromatic rings. The first-order chi connectivity index (χ1) is 10.6. The first kappa shape index (κ1) is 15.7. The van der Waals surface area contributed by atoms with E-state index in [0.717, 1.165) is 43.4 Å². The molecule has 4 nitrogen and oxygen atoms in total. The number of sulfonamides is 1. The number of rotatable bonds is 4. The Bertz CT molecular complexity index is 659. The van der Waals surface area contributed by atoms with Gasteiger partial charge < -0.3 is 5.32 Å². The molecular weight excluding hydrogens is 296 g/mol. The van der Waals surface area contributed by atoms with Gasteiger partial charge in [0.15, 0.2) is 0 Å². The maximum Gasteiger partial charge on any atom is 0.242 e. The van der Waals surface area contributed by atoms with Crippen molar-refractivity contribution >= 4 is 14.9 Å². The number of likely N-dealkylation sites (N-methyl/N-ethyl adjacent to an activating group) is 1. The Hall–Kier alpha value is -1.17. The minimum absolute atomic E-state index is 0.371. The highest BCUT2D eigenvalue weighted by Gasteiger charge is 2.48. The summed E-state index contributed by atoms with van der Waals surface area (Å²) in [4.78, 5) is 0.496. The van der Waals surface area contributed by atoms with Crippen molar-refractivity contribution in [2.75, 3.05) is 13.1 Å². The summed E-state index contributed by atoms with van der Waals surface area (Å²) in [6.45, 7) is 3.52. The molecule has 0 amide bonds. The normalized spacial score (nSPS) is 23.1. The van der Waals surface area contributed by atoms with E-state index in [4.69, 9.17) is 0 Å². The molecule has 1 spiro atoms. The van der Waals surface area contributed by atoms with E-state index in [1.807, 2.05) is 37.3 Å². The van der Waals surface area contributed by atoms with Crippen molar-refractivity contribution in [1.82, 2.24) is 10.0 Å². The fourth-order valence-corrected chi connectivity index (χ4v) is 5.71. The monoisotopic (exact) mass is 320 g/mol. The van der Waals surface area contributed by atoms with Crippen LogP contribution < -0.4 is 10.0 Å². The second kappa shape index (κ2) is 6.14. The first-order valence-corrected chi connectivity index (χ1v) is 9.61. The molecule has 0 radical (unpaired) electrons. The average Bonchev–Trinajstić information content (AvgIpc) is 2.73. The van der Waals surface area contributed by atoms with Crippen molar-refractivity contribution in [3.05, 3.63) is 41.5 Å². The van der Waals surface area contributed by atoms with Crippen LogP contribution in [-0.4, -0.2) is 27.0 Å². The van der Waals surface area contributed by atoms with Crippen molar-refractivity contribution < 1.29 is 8.42 Å². The fraction of sp³-hybridized carbons (Fsp3) is 0.529. The molecule has 1 heterocycles. The molecule has 5 heteroatoms. The lowest BCUT2D eigenvalue weighted by Gasteiger charge is -2.35. The largest absolute Gasteiger partial charge is 0.313 e. The third-order valence-corrected chi connectivity index (χ3v) is 6.42. The molecule has 1 aromatic carbocycles. The van der Waals surface area contributed by atoms with Gasteiger partial charge in [-0.25, -0.2) is 13.1 Å². The molecule has 0 saturated heterocycles. The Morgan fingerprint density at radius 2 is 1.82 bits per heavy atom. The van der Waals surface area contributed by atoms with Gasteiger partial charge in [0.05, 0.1) is 10.4 Å². The molecule has 1 saturated carbocycles. The van der Waals surface area contributed by atoms with Crippen molar-refractivity contribution in [1.29, 1.82) is 0 Å². The molecule has 1 fully saturated rings. The Balaban J connectivity index is 2.14. The summed E-state index contributed by atoms with van der Waals surface area (Å²) in [5, 5.41) is 3.34. The molecule has 3 rings (SSSR count). The van der Waals surface area contributed by atoms with Gasteiger partial charge in [0.1, 0.15) is 0 Å². The van der Waals surface area contributed by atoms with Crippen LogP contribution in [0.25, 0.3) is 4.91 Å². The Kier molecular flexibility index (Phi) is 4.39. The van der Waals surface area contributed by atoms with Crippen molar-refractivity contribution in [3.63, 3.8) is 0 Å². The van der Waals surface area contributed by atoms with Crippen molar-refractivity contribution in [3.8, 4) is 0 Å². The quantitative estimate of drug-likeness (QED) is 0.896. The smallest absolute Gasteiger partial charge is 0.242 e. The molecule has 0 atom stereocenters. The average molecular weight is 320 g/mol. The molecule has 1 aliphatic carbocycles. The van der Waals surface area contributed by atoms with E-state index >= 15 is 0 Å². The van der Waals surface area contributed by atoms with Gasteiger partial charge in [-0.15, -0.1) is 0 Å². The second-order valence-corrected chi connectivity index (χ2v) is 7.82. The van der Waals surface area contributed by atoms with Gasteiger partial charge in [-0.2, -0.15) is 0 Å². The molecule has 0 aromatic heterocycles.